The number of rotatable bonds is 20. The summed E-state index contributed by atoms with van der Waals surface area (Å²) in [5, 5.41) is 39.1. The molecule has 0 aliphatic carbocycles. The van der Waals surface area contributed by atoms with Gasteiger partial charge in [0.05, 0.1) is 50.8 Å². The van der Waals surface area contributed by atoms with Crippen molar-refractivity contribution in [2.45, 2.75) is 71.4 Å². The summed E-state index contributed by atoms with van der Waals surface area (Å²) in [7, 11) is 0. The second-order valence-electron chi connectivity index (χ2n) is 7.78. The van der Waals surface area contributed by atoms with E-state index in [9.17, 15) is 20.4 Å². The van der Waals surface area contributed by atoms with E-state index >= 15 is 0 Å². The fourth-order valence-corrected chi connectivity index (χ4v) is 2.88. The first-order valence-electron chi connectivity index (χ1n) is 11.1. The maximum atomic E-state index is 9.86. The first kappa shape index (κ1) is 28.7. The second-order valence-corrected chi connectivity index (χ2v) is 7.78. The molecule has 0 aromatic rings. The van der Waals surface area contributed by atoms with Crippen molar-refractivity contribution in [1.82, 2.24) is 9.80 Å². The molecule has 4 atom stereocenters. The third-order valence-corrected chi connectivity index (χ3v) is 4.82. The summed E-state index contributed by atoms with van der Waals surface area (Å²) < 4.78 is 11.2. The van der Waals surface area contributed by atoms with Crippen molar-refractivity contribution in [3.63, 3.8) is 0 Å². The van der Waals surface area contributed by atoms with Crippen LogP contribution in [0.25, 0.3) is 0 Å². The largest absolute Gasteiger partial charge is 0.392 e. The third kappa shape index (κ3) is 17.1. The first-order chi connectivity index (χ1) is 13.8. The highest BCUT2D eigenvalue weighted by Gasteiger charge is 2.14. The average Bonchev–Trinajstić information content (AvgIpc) is 2.68. The zero-order chi connectivity index (χ0) is 22.1. The van der Waals surface area contributed by atoms with Crippen molar-refractivity contribution in [1.29, 1.82) is 0 Å². The Morgan fingerprint density at radius 2 is 0.931 bits per heavy atom. The molecule has 0 heterocycles. The molecule has 0 aromatic carbocycles. The molecule has 176 valence electrons. The van der Waals surface area contributed by atoms with Gasteiger partial charge in [0, 0.05) is 39.3 Å². The van der Waals surface area contributed by atoms with E-state index < -0.39 is 24.4 Å². The van der Waals surface area contributed by atoms with Gasteiger partial charge >= 0.3 is 0 Å². The van der Waals surface area contributed by atoms with E-state index in [0.717, 1.165) is 0 Å². The highest BCUT2D eigenvalue weighted by molar-refractivity contribution is 4.68. The van der Waals surface area contributed by atoms with E-state index in [0.29, 0.717) is 85.0 Å². The molecular weight excluding hydrogens is 376 g/mol. The Kier molecular flexibility index (Phi) is 18.2. The highest BCUT2D eigenvalue weighted by Crippen LogP contribution is 2.02. The minimum absolute atomic E-state index is 0.391. The minimum Gasteiger partial charge on any atom is -0.392 e. The molecule has 0 rings (SSSR count). The third-order valence-electron chi connectivity index (χ3n) is 4.82. The number of aliphatic hydroxyl groups excluding tert-OH is 4. The minimum atomic E-state index is -0.442. The second kappa shape index (κ2) is 18.4. The Morgan fingerprint density at radius 3 is 1.24 bits per heavy atom. The fourth-order valence-electron chi connectivity index (χ4n) is 2.88. The Balaban J connectivity index is 3.96. The smallest absolute Gasteiger partial charge is 0.0701 e. The van der Waals surface area contributed by atoms with E-state index in [1.807, 2.05) is 30.6 Å². The quantitative estimate of drug-likeness (QED) is 0.208. The Hall–Kier alpha value is -0.320. The standard InChI is InChI=1S/C21H46N2O6/c1-5-19(25)15-22(14-18(4)24)8-10-28-12-13-29-11-9-23(16-20(26)6-2)17-21(27)7-3/h18-21,24-27H,5-17H2,1-4H3. The lowest BCUT2D eigenvalue weighted by molar-refractivity contribution is 0.00975. The highest BCUT2D eigenvalue weighted by atomic mass is 16.5. The molecule has 8 nitrogen and oxygen atoms in total. The van der Waals surface area contributed by atoms with Crippen LogP contribution in [0.2, 0.25) is 0 Å². The topological polar surface area (TPSA) is 106 Å². The van der Waals surface area contributed by atoms with Crippen LogP contribution in [-0.4, -0.2) is 120 Å². The lowest BCUT2D eigenvalue weighted by Gasteiger charge is -2.26. The number of aliphatic hydroxyl groups is 4. The molecule has 0 bridgehead atoms. The van der Waals surface area contributed by atoms with Crippen LogP contribution in [0.5, 0.6) is 0 Å². The zero-order valence-electron chi connectivity index (χ0n) is 19.0. The van der Waals surface area contributed by atoms with Gasteiger partial charge < -0.3 is 29.9 Å². The van der Waals surface area contributed by atoms with Crippen molar-refractivity contribution >= 4 is 0 Å². The van der Waals surface area contributed by atoms with Crippen LogP contribution in [0.3, 0.4) is 0 Å². The van der Waals surface area contributed by atoms with E-state index in [-0.39, 0.29) is 0 Å². The van der Waals surface area contributed by atoms with Crippen LogP contribution in [0.15, 0.2) is 0 Å². The molecule has 0 aliphatic rings. The van der Waals surface area contributed by atoms with Gasteiger partial charge in [0.2, 0.25) is 0 Å². The van der Waals surface area contributed by atoms with E-state index in [1.54, 1.807) is 6.92 Å². The van der Waals surface area contributed by atoms with Crippen LogP contribution in [0, 0.1) is 0 Å². The van der Waals surface area contributed by atoms with Crippen molar-refractivity contribution in [3.05, 3.63) is 0 Å². The van der Waals surface area contributed by atoms with Gasteiger partial charge in [-0.3, -0.25) is 9.80 Å². The van der Waals surface area contributed by atoms with Crippen LogP contribution >= 0.6 is 0 Å². The number of hydrogen-bond donors (Lipinski definition) is 4. The molecule has 29 heavy (non-hydrogen) atoms. The summed E-state index contributed by atoms with van der Waals surface area (Å²) >= 11 is 0. The number of ether oxygens (including phenoxy) is 2. The van der Waals surface area contributed by atoms with E-state index in [2.05, 4.69) is 0 Å². The average molecular weight is 423 g/mol. The maximum Gasteiger partial charge on any atom is 0.0701 e. The first-order valence-corrected chi connectivity index (χ1v) is 11.1. The van der Waals surface area contributed by atoms with Crippen molar-refractivity contribution in [3.8, 4) is 0 Å². The van der Waals surface area contributed by atoms with Gasteiger partial charge in [-0.25, -0.2) is 0 Å². The van der Waals surface area contributed by atoms with Gasteiger partial charge in [-0.1, -0.05) is 20.8 Å². The molecule has 0 fully saturated rings. The molecular formula is C21H46N2O6. The molecule has 0 saturated heterocycles. The summed E-state index contributed by atoms with van der Waals surface area (Å²) in [5.41, 5.74) is 0. The van der Waals surface area contributed by atoms with Crippen LogP contribution in [-0.2, 0) is 9.47 Å². The molecule has 8 heteroatoms. The SMILES string of the molecule is CCC(O)CN(CCOCCOCCN(CC(O)CC)CC(O)CC)CC(C)O. The molecule has 0 aliphatic heterocycles. The summed E-state index contributed by atoms with van der Waals surface area (Å²) in [4.78, 5) is 4.05. The summed E-state index contributed by atoms with van der Waals surface area (Å²) in [5.74, 6) is 0. The van der Waals surface area contributed by atoms with Crippen molar-refractivity contribution in [2.75, 3.05) is 65.7 Å². The predicted molar refractivity (Wildman–Crippen MR) is 115 cm³/mol. The monoisotopic (exact) mass is 422 g/mol. The molecule has 4 unspecified atom stereocenters. The van der Waals surface area contributed by atoms with Gasteiger partial charge in [-0.2, -0.15) is 0 Å². The molecule has 0 saturated carbocycles. The van der Waals surface area contributed by atoms with Gasteiger partial charge in [0.25, 0.3) is 0 Å². The lowest BCUT2D eigenvalue weighted by atomic mass is 10.2. The Morgan fingerprint density at radius 1 is 0.586 bits per heavy atom. The van der Waals surface area contributed by atoms with Crippen LogP contribution < -0.4 is 0 Å². The van der Waals surface area contributed by atoms with E-state index in [1.165, 1.54) is 0 Å². The van der Waals surface area contributed by atoms with E-state index in [4.69, 9.17) is 9.47 Å². The van der Waals surface area contributed by atoms with Crippen LogP contribution in [0.1, 0.15) is 47.0 Å². The lowest BCUT2D eigenvalue weighted by Crippen LogP contribution is -2.40. The molecule has 0 spiro atoms. The summed E-state index contributed by atoms with van der Waals surface area (Å²) in [6.07, 6.45) is 0.451. The maximum absolute atomic E-state index is 9.86. The van der Waals surface area contributed by atoms with Gasteiger partial charge in [-0.05, 0) is 26.2 Å². The fraction of sp³-hybridized carbons (Fsp3) is 1.00. The Bertz CT molecular complexity index is 350. The number of hydrogen-bond acceptors (Lipinski definition) is 8. The van der Waals surface area contributed by atoms with Gasteiger partial charge in [0.1, 0.15) is 0 Å². The van der Waals surface area contributed by atoms with Gasteiger partial charge in [0.15, 0.2) is 0 Å². The Labute approximate surface area is 177 Å². The molecule has 4 N–H and O–H groups in total. The zero-order valence-corrected chi connectivity index (χ0v) is 19.0. The predicted octanol–water partition coefficient (Wildman–Crippen LogP) is 0.317. The number of nitrogens with zero attached hydrogens (tertiary/aromatic N) is 2. The summed E-state index contributed by atoms with van der Waals surface area (Å²) in [6, 6.07) is 0. The van der Waals surface area contributed by atoms with Gasteiger partial charge in [-0.15, -0.1) is 0 Å². The molecule has 0 radical (unpaired) electrons. The molecule has 0 aromatic heterocycles. The van der Waals surface area contributed by atoms with Crippen molar-refractivity contribution in [2.24, 2.45) is 0 Å². The molecule has 0 amide bonds. The van der Waals surface area contributed by atoms with Crippen LogP contribution in [0.4, 0.5) is 0 Å². The normalized spacial score (nSPS) is 16.3. The summed E-state index contributed by atoms with van der Waals surface area (Å²) in [6.45, 7) is 13.0. The van der Waals surface area contributed by atoms with Crippen molar-refractivity contribution < 1.29 is 29.9 Å².